The molecule has 11 nitrogen and oxygen atoms in total. The third-order valence-corrected chi connectivity index (χ3v) is 5.83. The number of hydrogen-bond donors (Lipinski definition) is 1. The highest BCUT2D eigenvalue weighted by molar-refractivity contribution is 6.06. The van der Waals surface area contributed by atoms with Crippen molar-refractivity contribution in [2.75, 3.05) is 19.5 Å². The van der Waals surface area contributed by atoms with Crippen LogP contribution in [0.4, 0.5) is 5.69 Å². The zero-order valence-electron chi connectivity index (χ0n) is 20.2. The first-order valence-electron chi connectivity index (χ1n) is 11.2. The normalized spacial score (nSPS) is 11.2. The Hall–Kier alpha value is -4.67. The molecule has 0 saturated carbocycles. The number of aromatic nitrogens is 5. The zero-order chi connectivity index (χ0) is 25.4. The molecule has 11 heteroatoms. The van der Waals surface area contributed by atoms with Crippen molar-refractivity contribution in [3.8, 4) is 11.5 Å². The lowest BCUT2D eigenvalue weighted by Gasteiger charge is -2.12. The fourth-order valence-electron chi connectivity index (χ4n) is 4.20. The van der Waals surface area contributed by atoms with Crippen LogP contribution in [-0.4, -0.2) is 44.4 Å². The molecule has 3 heterocycles. The quantitative estimate of drug-likeness (QED) is 0.370. The van der Waals surface area contributed by atoms with E-state index >= 15 is 0 Å². The number of benzene rings is 2. The Kier molecular flexibility index (Phi) is 5.88. The molecule has 0 saturated heterocycles. The number of ether oxygens (including phenoxy) is 2. The van der Waals surface area contributed by atoms with Crippen LogP contribution >= 0.6 is 0 Å². The van der Waals surface area contributed by atoms with E-state index in [4.69, 9.17) is 14.0 Å². The number of anilines is 1. The van der Waals surface area contributed by atoms with Crippen LogP contribution in [0.5, 0.6) is 11.5 Å². The average Bonchev–Trinajstić information content (AvgIpc) is 3.41. The number of aryl methyl sites for hydroxylation is 2. The molecule has 0 aliphatic heterocycles. The molecule has 2 aromatic carbocycles. The fraction of sp³-hybridized carbons (Fsp3) is 0.240. The van der Waals surface area contributed by atoms with Gasteiger partial charge in [0, 0.05) is 17.1 Å². The van der Waals surface area contributed by atoms with Gasteiger partial charge < -0.3 is 23.9 Å². The number of fused-ring (bicyclic) bond motifs is 3. The minimum Gasteiger partial charge on any atom is -0.493 e. The summed E-state index contributed by atoms with van der Waals surface area (Å²) >= 11 is 0. The number of carbonyl (C=O) groups is 1. The number of amides is 1. The van der Waals surface area contributed by atoms with E-state index in [1.807, 2.05) is 25.1 Å². The molecule has 0 aliphatic rings. The molecule has 0 bridgehead atoms. The molecule has 0 aliphatic carbocycles. The van der Waals surface area contributed by atoms with Gasteiger partial charge in [-0.05, 0) is 38.1 Å². The first-order valence-corrected chi connectivity index (χ1v) is 11.2. The molecular formula is C25H24N6O5. The van der Waals surface area contributed by atoms with Crippen LogP contribution in [0.25, 0.3) is 21.9 Å². The minimum atomic E-state index is -0.316. The van der Waals surface area contributed by atoms with Crippen LogP contribution in [0.15, 0.2) is 52.0 Å². The van der Waals surface area contributed by atoms with Gasteiger partial charge in [-0.15, -0.1) is 0 Å². The predicted molar refractivity (Wildman–Crippen MR) is 133 cm³/mol. The summed E-state index contributed by atoms with van der Waals surface area (Å²) in [4.78, 5) is 35.4. The number of nitrogens with one attached hydrogen (secondary N) is 1. The Morgan fingerprint density at radius 2 is 1.89 bits per heavy atom. The van der Waals surface area contributed by atoms with Crippen molar-refractivity contribution in [3.63, 3.8) is 0 Å². The first-order chi connectivity index (χ1) is 17.4. The van der Waals surface area contributed by atoms with Crippen molar-refractivity contribution in [2.45, 2.75) is 26.9 Å². The highest BCUT2D eigenvalue weighted by Gasteiger charge is 2.20. The van der Waals surface area contributed by atoms with E-state index < -0.39 is 0 Å². The summed E-state index contributed by atoms with van der Waals surface area (Å²) in [5.74, 6) is 1.50. The summed E-state index contributed by atoms with van der Waals surface area (Å²) in [6.07, 6.45) is 1.46. The second-order valence-corrected chi connectivity index (χ2v) is 8.33. The lowest BCUT2D eigenvalue weighted by Crippen LogP contribution is -2.25. The van der Waals surface area contributed by atoms with Gasteiger partial charge in [0.25, 0.3) is 5.56 Å². The predicted octanol–water partition coefficient (Wildman–Crippen LogP) is 3.06. The molecule has 0 radical (unpaired) electrons. The largest absolute Gasteiger partial charge is 0.493 e. The highest BCUT2D eigenvalue weighted by atomic mass is 16.5. The smallest absolute Gasteiger partial charge is 0.278 e. The van der Waals surface area contributed by atoms with E-state index in [-0.39, 0.29) is 24.6 Å². The molecule has 0 atom stereocenters. The van der Waals surface area contributed by atoms with Crippen molar-refractivity contribution in [3.05, 3.63) is 70.4 Å². The van der Waals surface area contributed by atoms with Gasteiger partial charge in [0.2, 0.25) is 11.8 Å². The topological polar surface area (TPSA) is 126 Å². The van der Waals surface area contributed by atoms with Gasteiger partial charge in [0.15, 0.2) is 17.3 Å². The molecule has 5 aromatic rings. The van der Waals surface area contributed by atoms with E-state index in [9.17, 15) is 9.59 Å². The maximum absolute atomic E-state index is 13.6. The Morgan fingerprint density at radius 1 is 1.08 bits per heavy atom. The van der Waals surface area contributed by atoms with Crippen LogP contribution in [0.3, 0.4) is 0 Å². The second-order valence-electron chi connectivity index (χ2n) is 8.33. The summed E-state index contributed by atoms with van der Waals surface area (Å²) in [6, 6.07) is 10.9. The monoisotopic (exact) mass is 488 g/mol. The Bertz CT molecular complexity index is 1670. The summed E-state index contributed by atoms with van der Waals surface area (Å²) in [5, 5.41) is 7.43. The molecular weight excluding hydrogens is 464 g/mol. The van der Waals surface area contributed by atoms with Gasteiger partial charge >= 0.3 is 0 Å². The molecule has 0 spiro atoms. The highest BCUT2D eigenvalue weighted by Crippen LogP contribution is 2.30. The van der Waals surface area contributed by atoms with E-state index in [1.165, 1.54) is 18.0 Å². The molecule has 36 heavy (non-hydrogen) atoms. The second kappa shape index (κ2) is 9.17. The van der Waals surface area contributed by atoms with Crippen molar-refractivity contribution in [2.24, 2.45) is 0 Å². The van der Waals surface area contributed by atoms with Crippen molar-refractivity contribution >= 4 is 33.5 Å². The Balaban J connectivity index is 1.56. The van der Waals surface area contributed by atoms with Crippen molar-refractivity contribution in [1.29, 1.82) is 0 Å². The Morgan fingerprint density at radius 3 is 2.61 bits per heavy atom. The molecule has 5 rings (SSSR count). The van der Waals surface area contributed by atoms with Gasteiger partial charge in [0.05, 0.1) is 26.1 Å². The summed E-state index contributed by atoms with van der Waals surface area (Å²) in [7, 11) is 3.07. The van der Waals surface area contributed by atoms with Crippen LogP contribution < -0.4 is 20.3 Å². The summed E-state index contributed by atoms with van der Waals surface area (Å²) in [5.41, 5.74) is 2.81. The van der Waals surface area contributed by atoms with Crippen LogP contribution in [0, 0.1) is 13.8 Å². The van der Waals surface area contributed by atoms with Gasteiger partial charge in [-0.25, -0.2) is 4.98 Å². The number of nitrogens with zero attached hydrogens (tertiary/aromatic N) is 5. The third-order valence-electron chi connectivity index (χ3n) is 5.83. The van der Waals surface area contributed by atoms with Gasteiger partial charge in [-0.2, -0.15) is 4.98 Å². The fourth-order valence-corrected chi connectivity index (χ4v) is 4.20. The van der Waals surface area contributed by atoms with Gasteiger partial charge in [-0.3, -0.25) is 14.2 Å². The zero-order valence-corrected chi connectivity index (χ0v) is 20.2. The molecule has 3 aromatic heterocycles. The van der Waals surface area contributed by atoms with Gasteiger partial charge in [-0.1, -0.05) is 16.8 Å². The lowest BCUT2D eigenvalue weighted by atomic mass is 10.1. The van der Waals surface area contributed by atoms with Gasteiger partial charge in [0.1, 0.15) is 24.1 Å². The van der Waals surface area contributed by atoms with E-state index in [1.54, 1.807) is 36.8 Å². The van der Waals surface area contributed by atoms with Crippen molar-refractivity contribution in [1.82, 2.24) is 24.3 Å². The first kappa shape index (κ1) is 23.1. The lowest BCUT2D eigenvalue weighted by molar-refractivity contribution is -0.116. The third kappa shape index (κ3) is 4.15. The minimum absolute atomic E-state index is 0.0704. The molecule has 1 amide bonds. The summed E-state index contributed by atoms with van der Waals surface area (Å²) < 4.78 is 18.8. The molecule has 1 N–H and O–H groups in total. The van der Waals surface area contributed by atoms with Crippen LogP contribution in [-0.2, 0) is 17.9 Å². The number of hydrogen-bond acceptors (Lipinski definition) is 8. The number of carbonyl (C=O) groups excluding carboxylic acids is 1. The molecule has 184 valence electrons. The maximum atomic E-state index is 13.6. The molecule has 0 unspecified atom stereocenters. The number of methoxy groups -OCH3 is 2. The average molecular weight is 489 g/mol. The maximum Gasteiger partial charge on any atom is 0.278 e. The standard InChI is InChI=1S/C25H24N6O5/c1-14-5-7-18-17(9-14)23-24(25(33)30(13-26-23)12-22-27-15(2)29-36-22)31(18)11-21(32)28-16-6-8-19(34-3)20(10-16)35-4/h5-10,13H,11-12H2,1-4H3,(H,28,32). The summed E-state index contributed by atoms with van der Waals surface area (Å²) in [6.45, 7) is 3.64. The number of rotatable bonds is 7. The van der Waals surface area contributed by atoms with Crippen LogP contribution in [0.2, 0.25) is 0 Å². The molecule has 0 fully saturated rings. The van der Waals surface area contributed by atoms with E-state index in [0.29, 0.717) is 39.9 Å². The van der Waals surface area contributed by atoms with Crippen LogP contribution in [0.1, 0.15) is 17.3 Å². The van der Waals surface area contributed by atoms with E-state index in [0.717, 1.165) is 16.5 Å². The van der Waals surface area contributed by atoms with Crippen molar-refractivity contribution < 1.29 is 18.8 Å². The Labute approximate surface area is 205 Å². The SMILES string of the molecule is COc1ccc(NC(=O)Cn2c3ccc(C)cc3c3ncn(Cc4nc(C)no4)c(=O)c32)cc1OC. The van der Waals surface area contributed by atoms with E-state index in [2.05, 4.69) is 20.4 Å².